The van der Waals surface area contributed by atoms with Gasteiger partial charge in [0.2, 0.25) is 0 Å². The van der Waals surface area contributed by atoms with Crippen LogP contribution in [-0.4, -0.2) is 18.1 Å². The molecule has 3 nitrogen and oxygen atoms in total. The summed E-state index contributed by atoms with van der Waals surface area (Å²) >= 11 is 0. The number of hydrogen-bond acceptors (Lipinski definition) is 3. The summed E-state index contributed by atoms with van der Waals surface area (Å²) in [6.45, 7) is 2.68. The second-order valence-electron chi connectivity index (χ2n) is 4.58. The Hall–Kier alpha value is -1.58. The maximum Gasteiger partial charge on any atom is 0.138 e. The molecule has 0 radical (unpaired) electrons. The van der Waals surface area contributed by atoms with Crippen molar-refractivity contribution in [2.45, 2.75) is 12.5 Å². The summed E-state index contributed by atoms with van der Waals surface area (Å²) < 4.78 is 5.77. The lowest BCUT2D eigenvalue weighted by molar-refractivity contribution is 0.304. The smallest absolute Gasteiger partial charge is 0.138 e. The Kier molecular flexibility index (Phi) is 4.77. The van der Waals surface area contributed by atoms with Crippen molar-refractivity contribution >= 4 is 12.4 Å². The zero-order chi connectivity index (χ0) is 12.2. The van der Waals surface area contributed by atoms with Gasteiger partial charge in [0.15, 0.2) is 0 Å². The molecule has 0 bridgehead atoms. The van der Waals surface area contributed by atoms with Gasteiger partial charge < -0.3 is 10.1 Å². The highest BCUT2D eigenvalue weighted by atomic mass is 35.5. The number of ether oxygens (including phenoxy) is 1. The van der Waals surface area contributed by atoms with E-state index < -0.39 is 0 Å². The Labute approximate surface area is 119 Å². The minimum Gasteiger partial charge on any atom is -0.487 e. The Morgan fingerprint density at radius 1 is 1.16 bits per heavy atom. The lowest BCUT2D eigenvalue weighted by Gasteiger charge is -2.27. The van der Waals surface area contributed by atoms with Gasteiger partial charge in [-0.05, 0) is 17.2 Å². The number of rotatable bonds is 4. The van der Waals surface area contributed by atoms with Crippen LogP contribution in [0.3, 0.4) is 0 Å². The van der Waals surface area contributed by atoms with Gasteiger partial charge in [0.05, 0.1) is 6.20 Å². The SMILES string of the molecule is Cl.c1ccc(COc2cncc(C3CNC3)c2)cc1. The molecule has 3 rings (SSSR count). The minimum atomic E-state index is 0. The van der Waals surface area contributed by atoms with Crippen LogP contribution < -0.4 is 10.1 Å². The standard InChI is InChI=1S/C15H16N2O.ClH/c1-2-4-12(5-3-1)11-18-15-6-13(7-17-10-15)14-8-16-9-14;/h1-7,10,14,16H,8-9,11H2;1H. The summed E-state index contributed by atoms with van der Waals surface area (Å²) in [6, 6.07) is 12.3. The molecule has 0 spiro atoms. The van der Waals surface area contributed by atoms with E-state index in [1.54, 1.807) is 6.20 Å². The highest BCUT2D eigenvalue weighted by Crippen LogP contribution is 2.22. The molecule has 0 saturated carbocycles. The fourth-order valence-corrected chi connectivity index (χ4v) is 2.00. The summed E-state index contributed by atoms with van der Waals surface area (Å²) in [5.74, 6) is 1.45. The van der Waals surface area contributed by atoms with Gasteiger partial charge in [0, 0.05) is 25.2 Å². The van der Waals surface area contributed by atoms with E-state index in [1.165, 1.54) is 11.1 Å². The number of nitrogens with one attached hydrogen (secondary N) is 1. The van der Waals surface area contributed by atoms with Crippen molar-refractivity contribution in [1.29, 1.82) is 0 Å². The van der Waals surface area contributed by atoms with E-state index in [0.717, 1.165) is 18.8 Å². The minimum absolute atomic E-state index is 0. The van der Waals surface area contributed by atoms with Crippen LogP contribution in [0.2, 0.25) is 0 Å². The zero-order valence-electron chi connectivity index (χ0n) is 10.6. The number of aromatic nitrogens is 1. The Balaban J connectivity index is 0.00000133. The summed E-state index contributed by atoms with van der Waals surface area (Å²) in [4.78, 5) is 4.25. The first-order valence-electron chi connectivity index (χ1n) is 6.24. The number of benzene rings is 1. The van der Waals surface area contributed by atoms with Gasteiger partial charge in [-0.2, -0.15) is 0 Å². The van der Waals surface area contributed by atoms with Crippen molar-refractivity contribution in [3.8, 4) is 5.75 Å². The fraction of sp³-hybridized carbons (Fsp3) is 0.267. The average molecular weight is 277 g/mol. The van der Waals surface area contributed by atoms with Gasteiger partial charge in [-0.1, -0.05) is 30.3 Å². The average Bonchev–Trinajstić information content (AvgIpc) is 2.36. The second-order valence-corrected chi connectivity index (χ2v) is 4.58. The molecule has 19 heavy (non-hydrogen) atoms. The third-order valence-electron chi connectivity index (χ3n) is 3.24. The Bertz CT molecular complexity index is 515. The van der Waals surface area contributed by atoms with Crippen LogP contribution in [-0.2, 0) is 6.61 Å². The topological polar surface area (TPSA) is 34.1 Å². The maximum absolute atomic E-state index is 5.77. The quantitative estimate of drug-likeness (QED) is 0.932. The first-order valence-corrected chi connectivity index (χ1v) is 6.24. The number of halogens is 1. The first kappa shape index (κ1) is 13.8. The maximum atomic E-state index is 5.77. The van der Waals surface area contributed by atoms with E-state index in [0.29, 0.717) is 12.5 Å². The molecule has 1 aromatic heterocycles. The largest absolute Gasteiger partial charge is 0.487 e. The summed E-state index contributed by atoms with van der Waals surface area (Å²) in [7, 11) is 0. The lowest BCUT2D eigenvalue weighted by atomic mass is 9.95. The van der Waals surface area contributed by atoms with Crippen LogP contribution in [0.15, 0.2) is 48.8 Å². The monoisotopic (exact) mass is 276 g/mol. The number of pyridine rings is 1. The van der Waals surface area contributed by atoms with Gasteiger partial charge in [0.1, 0.15) is 12.4 Å². The number of hydrogen-bond donors (Lipinski definition) is 1. The summed E-state index contributed by atoms with van der Waals surface area (Å²) in [5, 5.41) is 3.27. The van der Waals surface area contributed by atoms with E-state index in [2.05, 4.69) is 28.5 Å². The van der Waals surface area contributed by atoms with E-state index in [-0.39, 0.29) is 12.4 Å². The molecule has 4 heteroatoms. The van der Waals surface area contributed by atoms with Crippen LogP contribution in [0.4, 0.5) is 0 Å². The normalized spacial score (nSPS) is 14.3. The highest BCUT2D eigenvalue weighted by Gasteiger charge is 2.19. The highest BCUT2D eigenvalue weighted by molar-refractivity contribution is 5.85. The van der Waals surface area contributed by atoms with Crippen molar-refractivity contribution in [2.75, 3.05) is 13.1 Å². The van der Waals surface area contributed by atoms with Gasteiger partial charge in [-0.15, -0.1) is 12.4 Å². The van der Waals surface area contributed by atoms with Crippen LogP contribution in [0, 0.1) is 0 Å². The molecule has 1 saturated heterocycles. The Morgan fingerprint density at radius 2 is 1.95 bits per heavy atom. The lowest BCUT2D eigenvalue weighted by Crippen LogP contribution is -2.39. The first-order chi connectivity index (χ1) is 8.92. The van der Waals surface area contributed by atoms with Gasteiger partial charge in [0.25, 0.3) is 0 Å². The van der Waals surface area contributed by atoms with Crippen molar-refractivity contribution in [2.24, 2.45) is 0 Å². The zero-order valence-corrected chi connectivity index (χ0v) is 11.4. The van der Waals surface area contributed by atoms with E-state index >= 15 is 0 Å². The molecule has 0 aliphatic carbocycles. The molecule has 0 atom stereocenters. The van der Waals surface area contributed by atoms with Crippen LogP contribution in [0.25, 0.3) is 0 Å². The molecule has 1 N–H and O–H groups in total. The molecule has 100 valence electrons. The van der Waals surface area contributed by atoms with Crippen molar-refractivity contribution in [3.05, 3.63) is 59.9 Å². The van der Waals surface area contributed by atoms with E-state index in [1.807, 2.05) is 24.4 Å². The molecule has 0 amide bonds. The molecule has 2 aromatic rings. The molecule has 1 fully saturated rings. The second kappa shape index (κ2) is 6.55. The fourth-order valence-electron chi connectivity index (χ4n) is 2.00. The van der Waals surface area contributed by atoms with Crippen molar-refractivity contribution in [1.82, 2.24) is 10.3 Å². The third kappa shape index (κ3) is 3.46. The van der Waals surface area contributed by atoms with Crippen LogP contribution >= 0.6 is 12.4 Å². The van der Waals surface area contributed by atoms with E-state index in [9.17, 15) is 0 Å². The molecular formula is C15H17ClN2O. The molecule has 2 heterocycles. The third-order valence-corrected chi connectivity index (χ3v) is 3.24. The van der Waals surface area contributed by atoms with E-state index in [4.69, 9.17) is 4.74 Å². The number of nitrogens with zero attached hydrogens (tertiary/aromatic N) is 1. The van der Waals surface area contributed by atoms with Crippen LogP contribution in [0.1, 0.15) is 17.0 Å². The van der Waals surface area contributed by atoms with Crippen LogP contribution in [0.5, 0.6) is 5.75 Å². The predicted molar refractivity (Wildman–Crippen MR) is 77.9 cm³/mol. The molecular weight excluding hydrogens is 260 g/mol. The van der Waals surface area contributed by atoms with Gasteiger partial charge in [-0.3, -0.25) is 4.98 Å². The molecule has 1 aliphatic heterocycles. The molecule has 1 aliphatic rings. The van der Waals surface area contributed by atoms with Gasteiger partial charge >= 0.3 is 0 Å². The van der Waals surface area contributed by atoms with Crippen molar-refractivity contribution < 1.29 is 4.74 Å². The molecule has 1 aromatic carbocycles. The van der Waals surface area contributed by atoms with Crippen molar-refractivity contribution in [3.63, 3.8) is 0 Å². The Morgan fingerprint density at radius 3 is 2.63 bits per heavy atom. The van der Waals surface area contributed by atoms with Gasteiger partial charge in [-0.25, -0.2) is 0 Å². The molecule has 0 unspecified atom stereocenters. The summed E-state index contributed by atoms with van der Waals surface area (Å²) in [6.07, 6.45) is 3.71. The predicted octanol–water partition coefficient (Wildman–Crippen LogP) is 2.77. The summed E-state index contributed by atoms with van der Waals surface area (Å²) in [5.41, 5.74) is 2.44.